The third-order valence-corrected chi connectivity index (χ3v) is 12.5. The van der Waals surface area contributed by atoms with Crippen LogP contribution < -0.4 is 4.89 Å². The van der Waals surface area contributed by atoms with Crippen molar-refractivity contribution >= 4 is 42.5 Å². The van der Waals surface area contributed by atoms with Crippen LogP contribution in [0.15, 0.2) is 0 Å². The van der Waals surface area contributed by atoms with E-state index in [1.807, 2.05) is 0 Å². The van der Waals surface area contributed by atoms with Crippen LogP contribution in [0, 0.1) is 0 Å². The molecule has 0 heterocycles. The number of nitrogens with zero attached hydrogens (tertiary/aromatic N) is 1. The van der Waals surface area contributed by atoms with E-state index in [-0.39, 0.29) is 43.3 Å². The molecule has 24 heteroatoms. The highest BCUT2D eigenvalue weighted by Gasteiger charge is 2.58. The molecule has 0 radical (unpaired) electrons. The van der Waals surface area contributed by atoms with Crippen LogP contribution in [0.5, 0.6) is 0 Å². The average Bonchev–Trinajstić information content (AvgIpc) is 2.87. The van der Waals surface area contributed by atoms with Crippen molar-refractivity contribution in [2.45, 2.75) is 82.7 Å². The summed E-state index contributed by atoms with van der Waals surface area (Å²) in [6, 6.07) is 0. The maximum absolute atomic E-state index is 12.1. The van der Waals surface area contributed by atoms with E-state index in [4.69, 9.17) is 53.0 Å². The van der Waals surface area contributed by atoms with Crippen molar-refractivity contribution in [2.24, 2.45) is 0 Å². The van der Waals surface area contributed by atoms with Crippen LogP contribution in [-0.2, 0) is 46.4 Å². The zero-order valence-corrected chi connectivity index (χ0v) is 30.2. The minimum absolute atomic E-state index is 0.00349. The summed E-state index contributed by atoms with van der Waals surface area (Å²) in [5.41, 5.74) is 0. The summed E-state index contributed by atoms with van der Waals surface area (Å²) in [6.45, 7) is 4.53. The van der Waals surface area contributed by atoms with Crippen LogP contribution in [0.25, 0.3) is 0 Å². The molecule has 46 heavy (non-hydrogen) atoms. The number of ether oxygens (including phenoxy) is 2. The highest BCUT2D eigenvalue weighted by atomic mass is 31.2. The minimum atomic E-state index is -5.57. The molecule has 20 nitrogen and oxygen atoms in total. The summed E-state index contributed by atoms with van der Waals surface area (Å²) in [7, 11) is -17.2. The summed E-state index contributed by atoms with van der Waals surface area (Å²) in [6.07, 6.45) is -1.59. The van der Waals surface area contributed by atoms with Crippen molar-refractivity contribution in [1.82, 2.24) is 0 Å². The Morgan fingerprint density at radius 1 is 0.783 bits per heavy atom. The molecule has 3 atom stereocenters. The first kappa shape index (κ1) is 47.5. The van der Waals surface area contributed by atoms with Gasteiger partial charge in [-0.1, -0.05) is 27.2 Å². The fourth-order valence-corrected chi connectivity index (χ4v) is 6.72. The second kappa shape index (κ2) is 19.5. The standard InChI is InChI=1S/C17H36NO15P3.C5H13O4P/c1-5-15(19)30-12-14(33-16(20)6-2)13-32-36(28,29)31-11-10-18(3,4)9-7-8-17(21,34(22,23)24)35(25,26)27;1-3-4-5(2,6)10(7,8)9/h14,21H,5-13H2,1-4H3,(H4-,22,23,24,25,26,27,28,29);6H,3-4H2,1-2H3,(H2,7,8,9). The second-order valence-electron chi connectivity index (χ2n) is 10.9. The van der Waals surface area contributed by atoms with E-state index in [0.717, 1.165) is 6.92 Å². The van der Waals surface area contributed by atoms with Crippen molar-refractivity contribution in [1.29, 1.82) is 0 Å². The molecule has 0 saturated carbocycles. The van der Waals surface area contributed by atoms with Crippen LogP contribution in [-0.4, -0.2) is 120 Å². The summed E-state index contributed by atoms with van der Waals surface area (Å²) in [5.74, 6) is -1.25. The fraction of sp³-hybridized carbons (Fsp3) is 0.909. The van der Waals surface area contributed by atoms with Gasteiger partial charge in [0.2, 0.25) is 0 Å². The fourth-order valence-electron chi connectivity index (χ4n) is 3.22. The maximum Gasteiger partial charge on any atom is 0.369 e. The number of likely N-dealkylation sites (N-methyl/N-ethyl adjacent to an activating group) is 1. The van der Waals surface area contributed by atoms with Gasteiger partial charge >= 0.3 is 34.7 Å². The van der Waals surface area contributed by atoms with Crippen LogP contribution in [0.3, 0.4) is 0 Å². The topological polar surface area (TPSA) is 324 Å². The molecule has 276 valence electrons. The first-order chi connectivity index (χ1) is 20.5. The lowest BCUT2D eigenvalue weighted by molar-refractivity contribution is -0.890. The number of carbonyl (C=O) groups is 2. The Bertz CT molecular complexity index is 1120. The first-order valence-electron chi connectivity index (χ1n) is 13.9. The number of aliphatic hydroxyl groups is 2. The predicted octanol–water partition coefficient (Wildman–Crippen LogP) is 0.294. The van der Waals surface area contributed by atoms with E-state index < -0.39 is 85.3 Å². The Hall–Kier alpha value is -0.620. The van der Waals surface area contributed by atoms with Gasteiger partial charge in [0.25, 0.3) is 12.9 Å². The van der Waals surface area contributed by atoms with Gasteiger partial charge < -0.3 is 67.5 Å². The molecule has 0 fully saturated rings. The van der Waals surface area contributed by atoms with Crippen molar-refractivity contribution in [3.8, 4) is 0 Å². The number of phosphoric ester groups is 1. The van der Waals surface area contributed by atoms with E-state index in [9.17, 15) is 37.8 Å². The van der Waals surface area contributed by atoms with Gasteiger partial charge in [0.15, 0.2) is 11.4 Å². The van der Waals surface area contributed by atoms with Gasteiger partial charge in [-0.3, -0.25) is 27.8 Å². The SMILES string of the molecule is CCC(=O)OCC(COP(=O)([O-])OCC[N+](C)(C)CCCC(O)(P(=O)(O)O)P(=O)(O)O)OC(=O)CC.CCCC(C)(O)P(=O)(O)O. The number of carbonyl (C=O) groups excluding carboxylic acids is 2. The van der Waals surface area contributed by atoms with Crippen molar-refractivity contribution < 1.29 is 95.3 Å². The molecule has 0 aromatic heterocycles. The molecule has 0 rings (SSSR count). The average molecular weight is 756 g/mol. The first-order valence-corrected chi connectivity index (χ1v) is 20.2. The Kier molecular flexibility index (Phi) is 20.2. The van der Waals surface area contributed by atoms with Gasteiger partial charge in [-0.2, -0.15) is 0 Å². The van der Waals surface area contributed by atoms with Crippen LogP contribution in [0.2, 0.25) is 0 Å². The van der Waals surface area contributed by atoms with Crippen molar-refractivity contribution in [2.75, 3.05) is 47.0 Å². The van der Waals surface area contributed by atoms with E-state index in [1.54, 1.807) is 27.9 Å². The summed E-state index contributed by atoms with van der Waals surface area (Å²) in [4.78, 5) is 88.6. The normalized spacial score (nSPS) is 16.3. The monoisotopic (exact) mass is 755 g/mol. The Morgan fingerprint density at radius 2 is 1.28 bits per heavy atom. The smallest absolute Gasteiger partial charge is 0.369 e. The molecule has 8 N–H and O–H groups in total. The third-order valence-electron chi connectivity index (χ3n) is 6.23. The largest absolute Gasteiger partial charge is 0.756 e. The Labute approximate surface area is 267 Å². The molecule has 3 unspecified atom stereocenters. The highest BCUT2D eigenvalue weighted by molar-refractivity contribution is 7.72. The summed E-state index contributed by atoms with van der Waals surface area (Å²) < 4.78 is 64.7. The van der Waals surface area contributed by atoms with Crippen LogP contribution in [0.1, 0.15) is 66.2 Å². The van der Waals surface area contributed by atoms with E-state index in [1.165, 1.54) is 6.92 Å². The summed E-state index contributed by atoms with van der Waals surface area (Å²) in [5, 5.41) is 13.6. The van der Waals surface area contributed by atoms with Crippen molar-refractivity contribution in [3.63, 3.8) is 0 Å². The third kappa shape index (κ3) is 18.2. The highest BCUT2D eigenvalue weighted by Crippen LogP contribution is 2.69. The quantitative estimate of drug-likeness (QED) is 0.0443. The van der Waals surface area contributed by atoms with Gasteiger partial charge in [0, 0.05) is 25.7 Å². The zero-order valence-electron chi connectivity index (χ0n) is 26.7. The molecule has 0 aliphatic rings. The lowest BCUT2D eigenvalue weighted by Crippen LogP contribution is -2.44. The molecule has 0 amide bonds. The van der Waals surface area contributed by atoms with Crippen molar-refractivity contribution in [3.05, 3.63) is 0 Å². The maximum atomic E-state index is 12.1. The Balaban J connectivity index is 0. The number of phosphoric acid groups is 1. The lowest BCUT2D eigenvalue weighted by Gasteiger charge is -2.33. The molecule has 0 aromatic rings. The number of rotatable bonds is 21. The zero-order chi connectivity index (χ0) is 36.8. The lowest BCUT2D eigenvalue weighted by atomic mass is 10.2. The molecule has 0 aromatic carbocycles. The van der Waals surface area contributed by atoms with Gasteiger partial charge in [-0.25, -0.2) is 0 Å². The van der Waals surface area contributed by atoms with Gasteiger partial charge in [0.1, 0.15) is 19.8 Å². The molecule has 0 aliphatic heterocycles. The molecule has 0 spiro atoms. The van der Waals surface area contributed by atoms with Gasteiger partial charge in [0.05, 0.1) is 27.2 Å². The second-order valence-corrected chi connectivity index (χ2v) is 18.4. The van der Waals surface area contributed by atoms with E-state index >= 15 is 0 Å². The van der Waals surface area contributed by atoms with Gasteiger partial charge in [-0.15, -0.1) is 0 Å². The summed E-state index contributed by atoms with van der Waals surface area (Å²) >= 11 is 0. The van der Waals surface area contributed by atoms with Gasteiger partial charge in [-0.05, 0) is 13.3 Å². The molecule has 0 bridgehead atoms. The Morgan fingerprint density at radius 3 is 1.67 bits per heavy atom. The van der Waals surface area contributed by atoms with Crippen LogP contribution in [0.4, 0.5) is 0 Å². The van der Waals surface area contributed by atoms with Crippen LogP contribution >= 0.6 is 30.6 Å². The molecular weight excluding hydrogens is 706 g/mol. The van der Waals surface area contributed by atoms with E-state index in [0.29, 0.717) is 6.42 Å². The number of hydrogen-bond donors (Lipinski definition) is 8. The van der Waals surface area contributed by atoms with E-state index in [2.05, 4.69) is 0 Å². The predicted molar refractivity (Wildman–Crippen MR) is 159 cm³/mol. The number of hydrogen-bond acceptors (Lipinski definition) is 13. The molecular formula is C22H49NO19P4. The number of quaternary nitrogens is 1. The minimum Gasteiger partial charge on any atom is -0.756 e. The molecule has 0 aliphatic carbocycles. The molecule has 0 saturated heterocycles. The number of esters is 2.